The molecule has 280 valence electrons. The van der Waals surface area contributed by atoms with Crippen LogP contribution in [0.25, 0.3) is 11.3 Å². The van der Waals surface area contributed by atoms with E-state index in [4.69, 9.17) is 0 Å². The molecule has 0 aliphatic carbocycles. The summed E-state index contributed by atoms with van der Waals surface area (Å²) in [5.41, 5.74) is -5.25. The Hall–Kier alpha value is -2.43. The number of sulfonamides is 2. The number of aromatic nitrogens is 2. The van der Waals surface area contributed by atoms with Gasteiger partial charge < -0.3 is 14.9 Å². The van der Waals surface area contributed by atoms with Crippen molar-refractivity contribution in [1.29, 1.82) is 0 Å². The molecule has 1 aromatic heterocycles. The van der Waals surface area contributed by atoms with E-state index in [-0.39, 0.29) is 54.2 Å². The van der Waals surface area contributed by atoms with Crippen LogP contribution in [0.2, 0.25) is 0 Å². The van der Waals surface area contributed by atoms with Crippen molar-refractivity contribution in [2.45, 2.75) is 73.9 Å². The number of carbonyl (C=O) groups excluding carboxylic acids is 1. The number of aliphatic hydroxyl groups is 1. The van der Waals surface area contributed by atoms with Crippen molar-refractivity contribution < 1.29 is 53.1 Å². The monoisotopic (exact) mass is 776 g/mol. The lowest BCUT2D eigenvalue weighted by Gasteiger charge is -2.37. The molecule has 1 unspecified atom stereocenters. The van der Waals surface area contributed by atoms with E-state index >= 15 is 0 Å². The number of aliphatic hydroxyl groups excluding tert-OH is 1. The third-order valence-corrected chi connectivity index (χ3v) is 12.5. The number of nitrogens with one attached hydrogen (secondary N) is 1. The molecule has 1 aromatic carbocycles. The number of fused-ring (bicyclic) bond motifs is 1. The zero-order chi connectivity index (χ0) is 36.6. The van der Waals surface area contributed by atoms with Gasteiger partial charge in [-0.3, -0.25) is 9.48 Å². The summed E-state index contributed by atoms with van der Waals surface area (Å²) in [6.45, 7) is 1.66. The number of carbonyl (C=O) groups is 1. The van der Waals surface area contributed by atoms with Crippen LogP contribution in [0.5, 0.6) is 0 Å². The number of hydrogen-bond donors (Lipinski definition) is 2. The van der Waals surface area contributed by atoms with Crippen LogP contribution in [0.15, 0.2) is 23.1 Å². The zero-order valence-corrected chi connectivity index (χ0v) is 29.5. The van der Waals surface area contributed by atoms with E-state index in [1.54, 1.807) is 4.68 Å². The molecule has 4 heterocycles. The normalized spacial score (nSPS) is 19.7. The van der Waals surface area contributed by atoms with Crippen molar-refractivity contribution in [2.24, 2.45) is 0 Å². The van der Waals surface area contributed by atoms with Crippen LogP contribution in [0.4, 0.5) is 26.3 Å². The minimum atomic E-state index is -5.68. The molecule has 2 saturated heterocycles. The van der Waals surface area contributed by atoms with E-state index in [9.17, 15) is 53.1 Å². The molecule has 2 N–H and O–H groups in total. The van der Waals surface area contributed by atoms with E-state index in [0.717, 1.165) is 50.3 Å². The van der Waals surface area contributed by atoms with Gasteiger partial charge in [-0.2, -0.15) is 35.7 Å². The van der Waals surface area contributed by atoms with Gasteiger partial charge in [0.2, 0.25) is 15.9 Å². The van der Waals surface area contributed by atoms with Gasteiger partial charge in [-0.15, -0.1) is 11.8 Å². The topological polar surface area (TPSA) is 145 Å². The molecule has 0 saturated carbocycles. The molecular formula is C29H38F6N6O6S3. The number of thioether (sulfide) groups is 1. The quantitative estimate of drug-likeness (QED) is 0.189. The summed E-state index contributed by atoms with van der Waals surface area (Å²) in [5, 5.41) is 15.8. The molecule has 2 aromatic rings. The van der Waals surface area contributed by atoms with Gasteiger partial charge in [0.05, 0.1) is 30.2 Å². The van der Waals surface area contributed by atoms with Gasteiger partial charge in [0.25, 0.3) is 0 Å². The number of likely N-dealkylation sites (tertiary alicyclic amines) is 2. The van der Waals surface area contributed by atoms with Crippen LogP contribution in [-0.4, -0.2) is 121 Å². The molecule has 0 spiro atoms. The minimum Gasteiger partial charge on any atom is -0.390 e. The lowest BCUT2D eigenvalue weighted by Crippen LogP contribution is -2.47. The molecule has 50 heavy (non-hydrogen) atoms. The first-order chi connectivity index (χ1) is 23.2. The smallest absolute Gasteiger partial charge is 0.390 e. The Bertz CT molecular complexity index is 1780. The summed E-state index contributed by atoms with van der Waals surface area (Å²) >= 11 is 0.499. The summed E-state index contributed by atoms with van der Waals surface area (Å²) < 4.78 is 131. The van der Waals surface area contributed by atoms with Crippen LogP contribution in [0.1, 0.15) is 42.5 Å². The molecule has 5 rings (SSSR count). The fourth-order valence-corrected chi connectivity index (χ4v) is 9.02. The SMILES string of the molecule is CS(=O)(=O)N1CCc2c(c(-c3ccc(C(F)(F)F)c(SCCNS(=O)(=O)C(F)(F)F)c3)nn2CC(O)CN2CCC(N3CCCC3=O)CC2)C1. The van der Waals surface area contributed by atoms with Gasteiger partial charge in [0.1, 0.15) is 0 Å². The number of amides is 1. The second-order valence-corrected chi connectivity index (χ2v) is 17.5. The maximum atomic E-state index is 13.9. The van der Waals surface area contributed by atoms with Crippen molar-refractivity contribution in [3.05, 3.63) is 35.0 Å². The molecule has 12 nitrogen and oxygen atoms in total. The third-order valence-electron chi connectivity index (χ3n) is 9.05. The number of nitrogens with zero attached hydrogens (tertiary/aromatic N) is 5. The summed E-state index contributed by atoms with van der Waals surface area (Å²) in [4.78, 5) is 15.8. The summed E-state index contributed by atoms with van der Waals surface area (Å²) in [5.74, 6) is -0.294. The number of hydrogen-bond acceptors (Lipinski definition) is 9. The van der Waals surface area contributed by atoms with Gasteiger partial charge >= 0.3 is 21.7 Å². The molecule has 1 amide bonds. The van der Waals surface area contributed by atoms with E-state index in [1.165, 1.54) is 9.03 Å². The predicted molar refractivity (Wildman–Crippen MR) is 172 cm³/mol. The first kappa shape index (κ1) is 38.8. The number of benzene rings is 1. The summed E-state index contributed by atoms with van der Waals surface area (Å²) in [6, 6.07) is 3.27. The first-order valence-corrected chi connectivity index (χ1v) is 20.2. The summed E-state index contributed by atoms with van der Waals surface area (Å²) in [6.07, 6.45) is -1.50. The standard InChI is InChI=1S/C29H38F6N6O6S3/c1-49(44,45)39-13-8-24-22(18-39)27(37-41(24)17-21(42)16-38-11-6-20(7-12-38)40-10-2-3-26(40)43)19-4-5-23(28(30,31)32)25(15-19)48-14-9-36-50(46,47)29(33,34)35/h4-5,15,20-21,36,42H,2-3,6-14,16-18H2,1H3. The van der Waals surface area contributed by atoms with Crippen LogP contribution >= 0.6 is 11.8 Å². The average molecular weight is 777 g/mol. The summed E-state index contributed by atoms with van der Waals surface area (Å²) in [7, 11) is -9.34. The highest BCUT2D eigenvalue weighted by molar-refractivity contribution is 7.99. The van der Waals surface area contributed by atoms with Crippen LogP contribution in [0.3, 0.4) is 0 Å². The molecule has 3 aliphatic rings. The fourth-order valence-electron chi connectivity index (χ4n) is 6.60. The molecular weight excluding hydrogens is 739 g/mol. The zero-order valence-electron chi connectivity index (χ0n) is 27.0. The van der Waals surface area contributed by atoms with E-state index in [1.807, 2.05) is 4.90 Å². The maximum Gasteiger partial charge on any atom is 0.511 e. The largest absolute Gasteiger partial charge is 0.511 e. The third kappa shape index (κ3) is 8.95. The number of alkyl halides is 6. The van der Waals surface area contributed by atoms with Crippen molar-refractivity contribution >= 4 is 37.7 Å². The highest BCUT2D eigenvalue weighted by Crippen LogP contribution is 2.40. The Morgan fingerprint density at radius 1 is 1.02 bits per heavy atom. The molecule has 0 bridgehead atoms. The Balaban J connectivity index is 1.36. The fraction of sp³-hybridized carbons (Fsp3) is 0.655. The van der Waals surface area contributed by atoms with Gasteiger partial charge in [-0.05, 0) is 31.4 Å². The van der Waals surface area contributed by atoms with Crippen LogP contribution in [-0.2, 0) is 50.5 Å². The number of β-amino-alcohol motifs (C(OH)–C–C–N with tert-alkyl or cyclic N) is 1. The van der Waals surface area contributed by atoms with Crippen molar-refractivity contribution in [1.82, 2.24) is 28.6 Å². The van der Waals surface area contributed by atoms with Gasteiger partial charge in [0, 0.05) is 92.2 Å². The first-order valence-electron chi connectivity index (χ1n) is 15.9. The van der Waals surface area contributed by atoms with Gasteiger partial charge in [-0.25, -0.2) is 21.6 Å². The molecule has 1 atom stereocenters. The van der Waals surface area contributed by atoms with E-state index in [0.29, 0.717) is 49.1 Å². The average Bonchev–Trinajstić information content (AvgIpc) is 3.61. The van der Waals surface area contributed by atoms with Crippen molar-refractivity contribution in [3.8, 4) is 11.3 Å². The number of rotatable bonds is 12. The highest BCUT2D eigenvalue weighted by Gasteiger charge is 2.45. The number of halogens is 6. The molecule has 2 fully saturated rings. The van der Waals surface area contributed by atoms with Gasteiger partial charge in [0.15, 0.2) is 0 Å². The maximum absolute atomic E-state index is 13.9. The van der Waals surface area contributed by atoms with Gasteiger partial charge in [-0.1, -0.05) is 6.07 Å². The minimum absolute atomic E-state index is 0.0212. The van der Waals surface area contributed by atoms with Crippen molar-refractivity contribution in [3.63, 3.8) is 0 Å². The van der Waals surface area contributed by atoms with Crippen LogP contribution in [0, 0.1) is 0 Å². The Kier molecular flexibility index (Phi) is 11.6. The highest BCUT2D eigenvalue weighted by atomic mass is 32.2. The molecule has 0 radical (unpaired) electrons. The van der Waals surface area contributed by atoms with Crippen molar-refractivity contribution in [2.75, 3.05) is 51.3 Å². The lowest BCUT2D eigenvalue weighted by molar-refractivity contribution is -0.139. The second-order valence-electron chi connectivity index (χ2n) is 12.6. The Labute approximate surface area is 290 Å². The predicted octanol–water partition coefficient (Wildman–Crippen LogP) is 2.87. The van der Waals surface area contributed by atoms with E-state index < -0.39 is 55.7 Å². The Morgan fingerprint density at radius 2 is 1.72 bits per heavy atom. The molecule has 3 aliphatic heterocycles. The van der Waals surface area contributed by atoms with E-state index in [2.05, 4.69) is 10.00 Å². The Morgan fingerprint density at radius 3 is 2.32 bits per heavy atom. The second kappa shape index (κ2) is 14.9. The number of piperidine rings is 1. The van der Waals surface area contributed by atoms with Crippen LogP contribution < -0.4 is 4.72 Å². The lowest BCUT2D eigenvalue weighted by atomic mass is 10.0. The molecule has 21 heteroatoms.